The first-order chi connectivity index (χ1) is 17.8. The fourth-order valence-corrected chi connectivity index (χ4v) is 5.51. The van der Waals surface area contributed by atoms with Crippen molar-refractivity contribution < 1.29 is 19.4 Å². The third kappa shape index (κ3) is 5.76. The highest BCUT2D eigenvalue weighted by Crippen LogP contribution is 2.40. The van der Waals surface area contributed by atoms with E-state index in [0.29, 0.717) is 41.6 Å². The van der Waals surface area contributed by atoms with Gasteiger partial charge in [0.25, 0.3) is 5.91 Å². The number of ketones is 1. The molecular weight excluding hydrogens is 486 g/mol. The Morgan fingerprint density at radius 2 is 1.84 bits per heavy atom. The number of nitrogens with zero attached hydrogens (tertiary/aromatic N) is 3. The van der Waals surface area contributed by atoms with Gasteiger partial charge in [-0.05, 0) is 50.2 Å². The zero-order valence-corrected chi connectivity index (χ0v) is 22.5. The molecule has 194 valence electrons. The van der Waals surface area contributed by atoms with E-state index in [1.165, 1.54) is 11.3 Å². The maximum Gasteiger partial charge on any atom is 0.290 e. The topological polar surface area (TPSA) is 83.0 Å². The highest BCUT2D eigenvalue weighted by molar-refractivity contribution is 7.14. The lowest BCUT2D eigenvalue weighted by atomic mass is 9.95. The van der Waals surface area contributed by atoms with Crippen molar-refractivity contribution in [3.63, 3.8) is 0 Å². The molecule has 0 saturated heterocycles. The lowest BCUT2D eigenvalue weighted by molar-refractivity contribution is -0.129. The lowest BCUT2D eigenvalue weighted by Crippen LogP contribution is -2.38. The molecule has 0 aliphatic carbocycles. The largest absolute Gasteiger partial charge is 0.503 e. The number of hydrogen-bond donors (Lipinski definition) is 1. The third-order valence-electron chi connectivity index (χ3n) is 6.63. The minimum Gasteiger partial charge on any atom is -0.503 e. The van der Waals surface area contributed by atoms with Gasteiger partial charge in [-0.3, -0.25) is 9.59 Å². The summed E-state index contributed by atoms with van der Waals surface area (Å²) in [5, 5.41) is 11.8. The molecule has 7 nitrogen and oxygen atoms in total. The van der Waals surface area contributed by atoms with Crippen molar-refractivity contribution in [1.82, 2.24) is 14.8 Å². The molecule has 1 aliphatic heterocycles. The van der Waals surface area contributed by atoms with E-state index in [-0.39, 0.29) is 11.4 Å². The summed E-state index contributed by atoms with van der Waals surface area (Å²) < 4.78 is 6.03. The first-order valence-electron chi connectivity index (χ1n) is 12.6. The number of rotatable bonds is 11. The zero-order chi connectivity index (χ0) is 26.5. The van der Waals surface area contributed by atoms with Gasteiger partial charge in [-0.2, -0.15) is 0 Å². The van der Waals surface area contributed by atoms with E-state index in [1.54, 1.807) is 11.8 Å². The van der Waals surface area contributed by atoms with Crippen molar-refractivity contribution in [3.05, 3.63) is 92.6 Å². The zero-order valence-electron chi connectivity index (χ0n) is 21.7. The number of carbonyl (C=O) groups is 2. The molecule has 1 aliphatic rings. The van der Waals surface area contributed by atoms with E-state index in [1.807, 2.05) is 61.5 Å². The molecule has 1 atom stereocenters. The summed E-state index contributed by atoms with van der Waals surface area (Å²) in [6.07, 6.45) is 0. The number of aryl methyl sites for hydroxylation is 2. The molecule has 0 fully saturated rings. The van der Waals surface area contributed by atoms with Crippen LogP contribution in [0.2, 0.25) is 0 Å². The van der Waals surface area contributed by atoms with Crippen LogP contribution in [0.15, 0.2) is 65.9 Å². The molecule has 8 heteroatoms. The van der Waals surface area contributed by atoms with Crippen LogP contribution in [0.5, 0.6) is 5.75 Å². The first kappa shape index (κ1) is 26.6. The summed E-state index contributed by atoms with van der Waals surface area (Å²) in [7, 11) is 0. The lowest BCUT2D eigenvalue weighted by Gasteiger charge is -2.29. The maximum atomic E-state index is 13.7. The van der Waals surface area contributed by atoms with Crippen LogP contribution in [0.25, 0.3) is 0 Å². The number of aliphatic hydroxyl groups excluding tert-OH is 1. The average molecular weight is 520 g/mol. The summed E-state index contributed by atoms with van der Waals surface area (Å²) in [6.45, 7) is 10.8. The van der Waals surface area contributed by atoms with Gasteiger partial charge in [0.2, 0.25) is 5.78 Å². The molecule has 1 N–H and O–H groups in total. The van der Waals surface area contributed by atoms with E-state index < -0.39 is 17.7 Å². The minimum absolute atomic E-state index is 0.0940. The highest BCUT2D eigenvalue weighted by Gasteiger charge is 2.44. The van der Waals surface area contributed by atoms with Crippen LogP contribution in [-0.2, 0) is 11.4 Å². The summed E-state index contributed by atoms with van der Waals surface area (Å²) in [6, 6.07) is 16.6. The van der Waals surface area contributed by atoms with Gasteiger partial charge in [0.15, 0.2) is 5.76 Å². The summed E-state index contributed by atoms with van der Waals surface area (Å²) in [5.41, 5.74) is 2.44. The number of aliphatic hydroxyl groups is 1. The number of aromatic nitrogens is 1. The number of Topliss-reactive ketones (excluding diaryl/α,β-unsaturated/α-hetero) is 1. The van der Waals surface area contributed by atoms with Crippen LogP contribution in [0.4, 0.5) is 0 Å². The third-order valence-corrected chi connectivity index (χ3v) is 7.70. The number of amides is 1. The van der Waals surface area contributed by atoms with Crippen LogP contribution in [0, 0.1) is 13.8 Å². The first-order valence-corrected chi connectivity index (χ1v) is 13.4. The van der Waals surface area contributed by atoms with Gasteiger partial charge in [-0.15, -0.1) is 11.3 Å². The van der Waals surface area contributed by atoms with Gasteiger partial charge >= 0.3 is 0 Å². The maximum absolute atomic E-state index is 13.7. The van der Waals surface area contributed by atoms with Crippen molar-refractivity contribution in [2.75, 3.05) is 26.2 Å². The molecule has 1 aromatic heterocycles. The molecule has 4 rings (SSSR count). The molecule has 3 aromatic rings. The number of hydrogen-bond acceptors (Lipinski definition) is 7. The second-order valence-corrected chi connectivity index (χ2v) is 10.2. The second kappa shape index (κ2) is 11.7. The van der Waals surface area contributed by atoms with Crippen molar-refractivity contribution >= 4 is 23.0 Å². The smallest absolute Gasteiger partial charge is 0.290 e. The van der Waals surface area contributed by atoms with Crippen molar-refractivity contribution in [2.45, 2.75) is 40.3 Å². The van der Waals surface area contributed by atoms with Gasteiger partial charge in [0.1, 0.15) is 12.4 Å². The highest BCUT2D eigenvalue weighted by atomic mass is 32.1. The molecule has 37 heavy (non-hydrogen) atoms. The Morgan fingerprint density at radius 3 is 2.49 bits per heavy atom. The number of thiazole rings is 1. The number of ether oxygens (including phenoxy) is 1. The molecular formula is C29H33N3O4S. The molecule has 0 bridgehead atoms. The van der Waals surface area contributed by atoms with Gasteiger partial charge in [-0.1, -0.05) is 56.3 Å². The van der Waals surface area contributed by atoms with Crippen molar-refractivity contribution in [2.24, 2.45) is 0 Å². The molecule has 0 radical (unpaired) electrons. The SMILES string of the molecule is CCN(CC)CCN1C(=O)C(O)=C(C(=O)c2sc(C)nc2C)C1c1cccc(OCc2ccccc2)c1. The minimum atomic E-state index is -0.724. The number of benzene rings is 2. The van der Waals surface area contributed by atoms with E-state index in [9.17, 15) is 14.7 Å². The van der Waals surface area contributed by atoms with Gasteiger partial charge in [0, 0.05) is 13.1 Å². The summed E-state index contributed by atoms with van der Waals surface area (Å²) >= 11 is 1.28. The van der Waals surface area contributed by atoms with Gasteiger partial charge in [-0.25, -0.2) is 4.98 Å². The van der Waals surface area contributed by atoms with Crippen LogP contribution >= 0.6 is 11.3 Å². The normalized spacial score (nSPS) is 15.6. The Bertz CT molecular complexity index is 1300. The van der Waals surface area contributed by atoms with Crippen LogP contribution in [-0.4, -0.2) is 57.8 Å². The fourth-order valence-electron chi connectivity index (χ4n) is 4.63. The Hall–Kier alpha value is -3.49. The quantitative estimate of drug-likeness (QED) is 0.348. The summed E-state index contributed by atoms with van der Waals surface area (Å²) in [4.78, 5) is 35.7. The molecule has 1 unspecified atom stereocenters. The summed E-state index contributed by atoms with van der Waals surface area (Å²) in [5.74, 6) is -0.758. The molecule has 0 saturated carbocycles. The monoisotopic (exact) mass is 519 g/mol. The predicted molar refractivity (Wildman–Crippen MR) is 145 cm³/mol. The van der Waals surface area contributed by atoms with E-state index >= 15 is 0 Å². The van der Waals surface area contributed by atoms with Crippen molar-refractivity contribution in [1.29, 1.82) is 0 Å². The van der Waals surface area contributed by atoms with Crippen LogP contribution in [0.1, 0.15) is 51.4 Å². The van der Waals surface area contributed by atoms with Gasteiger partial charge < -0.3 is 19.6 Å². The van der Waals surface area contributed by atoms with Crippen LogP contribution in [0.3, 0.4) is 0 Å². The Balaban J connectivity index is 1.70. The number of likely N-dealkylation sites (N-methyl/N-ethyl adjacent to an activating group) is 1. The van der Waals surface area contributed by atoms with E-state index in [0.717, 1.165) is 23.7 Å². The predicted octanol–water partition coefficient (Wildman–Crippen LogP) is 5.26. The standard InChI is InChI=1S/C29H33N3O4S/c1-5-31(6-2)15-16-32-25(22-13-10-14-23(17-22)36-18-21-11-8-7-9-12-21)24(27(34)29(32)35)26(33)28-19(3)30-20(4)37-28/h7-14,17,25,34H,5-6,15-16,18H2,1-4H3. The molecule has 2 heterocycles. The Morgan fingerprint density at radius 1 is 1.11 bits per heavy atom. The Labute approximate surface area is 222 Å². The second-order valence-electron chi connectivity index (χ2n) is 9.01. The molecule has 2 aromatic carbocycles. The average Bonchev–Trinajstić information content (AvgIpc) is 3.38. The van der Waals surface area contributed by atoms with Crippen molar-refractivity contribution in [3.8, 4) is 5.75 Å². The molecule has 1 amide bonds. The van der Waals surface area contributed by atoms with Crippen LogP contribution < -0.4 is 4.74 Å². The fraction of sp³-hybridized carbons (Fsp3) is 0.345. The molecule has 0 spiro atoms. The Kier molecular flexibility index (Phi) is 8.41. The van der Waals surface area contributed by atoms with E-state index in [2.05, 4.69) is 23.7 Å². The van der Waals surface area contributed by atoms with E-state index in [4.69, 9.17) is 4.74 Å². The number of carbonyl (C=O) groups excluding carboxylic acids is 2. The van der Waals surface area contributed by atoms with Gasteiger partial charge in [0.05, 0.1) is 27.2 Å².